The number of carbonyl (C=O) groups is 2. The lowest BCUT2D eigenvalue weighted by Crippen LogP contribution is -2.46. The fourth-order valence-corrected chi connectivity index (χ4v) is 7.17. The van der Waals surface area contributed by atoms with Crippen LogP contribution in [-0.2, 0) is 14.3 Å². The van der Waals surface area contributed by atoms with Crippen molar-refractivity contribution in [2.24, 2.45) is 0 Å². The van der Waals surface area contributed by atoms with Crippen LogP contribution in [0.4, 0.5) is 0 Å². The molecule has 0 aromatic carbocycles. The van der Waals surface area contributed by atoms with Gasteiger partial charge < -0.3 is 20.3 Å². The van der Waals surface area contributed by atoms with E-state index in [0.29, 0.717) is 19.3 Å². The van der Waals surface area contributed by atoms with E-state index < -0.39 is 18.2 Å². The van der Waals surface area contributed by atoms with Crippen LogP contribution in [0.5, 0.6) is 0 Å². The van der Waals surface area contributed by atoms with Crippen molar-refractivity contribution in [3.8, 4) is 0 Å². The maximum atomic E-state index is 13.2. The zero-order valence-electron chi connectivity index (χ0n) is 38.2. The Morgan fingerprint density at radius 1 is 0.534 bits per heavy atom. The molecular formula is C52H93NO5. The monoisotopic (exact) mass is 812 g/mol. The summed E-state index contributed by atoms with van der Waals surface area (Å²) < 4.78 is 5.91. The molecule has 6 nitrogen and oxygen atoms in total. The van der Waals surface area contributed by atoms with Gasteiger partial charge in [-0.2, -0.15) is 0 Å². The van der Waals surface area contributed by atoms with E-state index in [1.54, 1.807) is 0 Å². The second-order valence-corrected chi connectivity index (χ2v) is 16.5. The number of ether oxygens (including phenoxy) is 1. The minimum absolute atomic E-state index is 0.0617. The van der Waals surface area contributed by atoms with E-state index in [4.69, 9.17) is 4.74 Å². The van der Waals surface area contributed by atoms with Crippen LogP contribution < -0.4 is 5.32 Å². The van der Waals surface area contributed by atoms with Gasteiger partial charge in [0.15, 0.2) is 0 Å². The van der Waals surface area contributed by atoms with Crippen LogP contribution >= 0.6 is 0 Å². The molecule has 0 aliphatic carbocycles. The molecule has 1 amide bonds. The van der Waals surface area contributed by atoms with Gasteiger partial charge in [-0.1, -0.05) is 204 Å². The van der Waals surface area contributed by atoms with Crippen LogP contribution in [-0.4, -0.2) is 46.9 Å². The molecular weight excluding hydrogens is 719 g/mol. The zero-order valence-corrected chi connectivity index (χ0v) is 38.2. The first-order chi connectivity index (χ1) is 28.5. The fraction of sp³-hybridized carbons (Fsp3) is 0.769. The second-order valence-electron chi connectivity index (χ2n) is 16.5. The summed E-state index contributed by atoms with van der Waals surface area (Å²) in [6, 6.07) is -0.708. The molecule has 3 N–H and O–H groups in total. The molecule has 0 aliphatic heterocycles. The Morgan fingerprint density at radius 3 is 1.57 bits per heavy atom. The lowest BCUT2D eigenvalue weighted by molar-refractivity contribution is -0.151. The van der Waals surface area contributed by atoms with Gasteiger partial charge in [0.2, 0.25) is 5.91 Å². The number of amides is 1. The van der Waals surface area contributed by atoms with E-state index >= 15 is 0 Å². The van der Waals surface area contributed by atoms with E-state index in [9.17, 15) is 19.8 Å². The summed E-state index contributed by atoms with van der Waals surface area (Å²) in [6.07, 6.45) is 55.6. The standard InChI is InChI=1S/C52H93NO5/c1-4-7-10-13-16-19-21-23-25-27-29-32-34-37-40-43-48(46-51(56)53-49(47-54)50(55)44-41-38-35-31-18-15-12-9-6-3)58-52(57)45-42-39-36-33-30-28-26-24-22-20-17-14-11-8-5-2/h8,11,14,16-17,19-20,22-23,25,48-50,54-55H,4-7,9-10,12-13,15,18,21,24,26-47H2,1-3H3,(H,53,56)/b11-8+,17-14+,19-16-,22-20+,25-23-. The number of unbranched alkanes of at least 4 members (excludes halogenated alkanes) is 23. The highest BCUT2D eigenvalue weighted by Crippen LogP contribution is 2.17. The largest absolute Gasteiger partial charge is 0.462 e. The third-order valence-electron chi connectivity index (χ3n) is 10.9. The van der Waals surface area contributed by atoms with Crippen molar-refractivity contribution in [3.05, 3.63) is 60.8 Å². The van der Waals surface area contributed by atoms with Crippen molar-refractivity contribution in [2.75, 3.05) is 6.61 Å². The van der Waals surface area contributed by atoms with Gasteiger partial charge in [-0.15, -0.1) is 0 Å². The summed E-state index contributed by atoms with van der Waals surface area (Å²) in [7, 11) is 0. The second kappa shape index (κ2) is 45.6. The van der Waals surface area contributed by atoms with E-state index in [-0.39, 0.29) is 24.9 Å². The molecule has 0 rings (SSSR count). The maximum Gasteiger partial charge on any atom is 0.306 e. The van der Waals surface area contributed by atoms with E-state index in [2.05, 4.69) is 86.8 Å². The predicted molar refractivity (Wildman–Crippen MR) is 250 cm³/mol. The van der Waals surface area contributed by atoms with E-state index in [1.807, 2.05) is 0 Å². The van der Waals surface area contributed by atoms with Gasteiger partial charge in [-0.3, -0.25) is 9.59 Å². The fourth-order valence-electron chi connectivity index (χ4n) is 7.17. The first kappa shape index (κ1) is 55.6. The average molecular weight is 812 g/mol. The molecule has 336 valence electrons. The summed E-state index contributed by atoms with van der Waals surface area (Å²) in [5.74, 6) is -0.503. The maximum absolute atomic E-state index is 13.2. The minimum Gasteiger partial charge on any atom is -0.462 e. The Balaban J connectivity index is 4.64. The molecule has 6 heteroatoms. The van der Waals surface area contributed by atoms with Crippen molar-refractivity contribution in [1.29, 1.82) is 0 Å². The number of aliphatic hydroxyl groups is 2. The van der Waals surface area contributed by atoms with Crippen molar-refractivity contribution in [2.45, 2.75) is 251 Å². The highest BCUT2D eigenvalue weighted by Gasteiger charge is 2.24. The number of allylic oxidation sites excluding steroid dienone is 10. The van der Waals surface area contributed by atoms with E-state index in [0.717, 1.165) is 83.5 Å². The zero-order chi connectivity index (χ0) is 42.4. The smallest absolute Gasteiger partial charge is 0.306 e. The molecule has 3 atom stereocenters. The quantitative estimate of drug-likeness (QED) is 0.0247. The topological polar surface area (TPSA) is 95.9 Å². The molecule has 0 bridgehead atoms. The third-order valence-corrected chi connectivity index (χ3v) is 10.9. The number of hydrogen-bond acceptors (Lipinski definition) is 5. The molecule has 0 aromatic rings. The summed E-state index contributed by atoms with van der Waals surface area (Å²) in [6.45, 7) is 6.30. The Bertz CT molecular complexity index is 1050. The van der Waals surface area contributed by atoms with Crippen LogP contribution in [0.1, 0.15) is 233 Å². The molecule has 3 unspecified atom stereocenters. The number of rotatable bonds is 43. The van der Waals surface area contributed by atoms with Crippen molar-refractivity contribution in [3.63, 3.8) is 0 Å². The van der Waals surface area contributed by atoms with Gasteiger partial charge in [0.1, 0.15) is 6.10 Å². The predicted octanol–water partition coefficient (Wildman–Crippen LogP) is 14.5. The Morgan fingerprint density at radius 2 is 1.00 bits per heavy atom. The molecule has 0 saturated heterocycles. The van der Waals surface area contributed by atoms with Gasteiger partial charge in [-0.05, 0) is 77.0 Å². The first-order valence-corrected chi connectivity index (χ1v) is 24.5. The van der Waals surface area contributed by atoms with Gasteiger partial charge in [0.05, 0.1) is 25.2 Å². The van der Waals surface area contributed by atoms with Gasteiger partial charge in [0.25, 0.3) is 0 Å². The van der Waals surface area contributed by atoms with Gasteiger partial charge >= 0.3 is 5.97 Å². The molecule has 58 heavy (non-hydrogen) atoms. The third kappa shape index (κ3) is 40.3. The van der Waals surface area contributed by atoms with Crippen LogP contribution in [0.25, 0.3) is 0 Å². The molecule has 0 heterocycles. The number of carbonyl (C=O) groups excluding carboxylic acids is 2. The minimum atomic E-state index is -0.793. The van der Waals surface area contributed by atoms with Crippen LogP contribution in [0.15, 0.2) is 60.8 Å². The molecule has 0 aliphatic rings. The van der Waals surface area contributed by atoms with Crippen molar-refractivity contribution < 1.29 is 24.5 Å². The lowest BCUT2D eigenvalue weighted by Gasteiger charge is -2.24. The molecule has 0 saturated carbocycles. The number of hydrogen-bond donors (Lipinski definition) is 3. The molecule has 0 aromatic heterocycles. The Labute approximate surface area is 358 Å². The number of esters is 1. The molecule has 0 radical (unpaired) electrons. The van der Waals surface area contributed by atoms with Crippen molar-refractivity contribution in [1.82, 2.24) is 5.32 Å². The summed E-state index contributed by atoms with van der Waals surface area (Å²) in [5.41, 5.74) is 0. The van der Waals surface area contributed by atoms with Crippen LogP contribution in [0.3, 0.4) is 0 Å². The van der Waals surface area contributed by atoms with Crippen LogP contribution in [0, 0.1) is 0 Å². The summed E-state index contributed by atoms with van der Waals surface area (Å²) in [4.78, 5) is 26.1. The van der Waals surface area contributed by atoms with Crippen molar-refractivity contribution >= 4 is 11.9 Å². The summed E-state index contributed by atoms with van der Waals surface area (Å²) >= 11 is 0. The summed E-state index contributed by atoms with van der Waals surface area (Å²) in [5, 5.41) is 23.6. The number of nitrogens with one attached hydrogen (secondary N) is 1. The lowest BCUT2D eigenvalue weighted by atomic mass is 10.0. The van der Waals surface area contributed by atoms with Crippen LogP contribution in [0.2, 0.25) is 0 Å². The number of aliphatic hydroxyl groups excluding tert-OH is 2. The molecule has 0 fully saturated rings. The SMILES string of the molecule is CC/C=C/C=C/C=C/CCCCCCCCCC(=O)OC(CCCCCCC/C=C\C/C=C\CCCCC)CC(=O)NC(CO)C(O)CCCCCCCCCCC. The van der Waals surface area contributed by atoms with Gasteiger partial charge in [0, 0.05) is 6.42 Å². The molecule has 0 spiro atoms. The Hall–Kier alpha value is -2.44. The highest BCUT2D eigenvalue weighted by molar-refractivity contribution is 5.77. The average Bonchev–Trinajstić information content (AvgIpc) is 3.22. The van der Waals surface area contributed by atoms with E-state index in [1.165, 1.54) is 103 Å². The first-order valence-electron chi connectivity index (χ1n) is 24.5. The highest BCUT2D eigenvalue weighted by atomic mass is 16.5. The Kier molecular flexibility index (Phi) is 43.7. The normalized spacial score (nSPS) is 13.8. The van der Waals surface area contributed by atoms with Gasteiger partial charge in [-0.25, -0.2) is 0 Å².